The van der Waals surface area contributed by atoms with Crippen molar-refractivity contribution >= 4 is 5.91 Å². The summed E-state index contributed by atoms with van der Waals surface area (Å²) in [4.78, 5) is 13.8. The molecule has 7 heteroatoms. The molecular formula is C20H22F3NO3. The van der Waals surface area contributed by atoms with Crippen LogP contribution < -0.4 is 9.47 Å². The smallest absolute Gasteiger partial charge is 0.416 e. The number of aryl methyl sites for hydroxylation is 1. The van der Waals surface area contributed by atoms with E-state index in [1.165, 1.54) is 17.0 Å². The second kappa shape index (κ2) is 8.79. The Morgan fingerprint density at radius 2 is 1.56 bits per heavy atom. The van der Waals surface area contributed by atoms with Crippen molar-refractivity contribution in [2.45, 2.75) is 25.6 Å². The summed E-state index contributed by atoms with van der Waals surface area (Å²) in [6.45, 7) is 0.253. The maximum absolute atomic E-state index is 12.6. The van der Waals surface area contributed by atoms with Crippen molar-refractivity contribution in [2.75, 3.05) is 21.3 Å². The number of hydrogen-bond acceptors (Lipinski definition) is 3. The number of alkyl halides is 3. The van der Waals surface area contributed by atoms with Gasteiger partial charge in [0.25, 0.3) is 0 Å². The number of carbonyl (C=O) groups is 1. The molecule has 2 aromatic carbocycles. The number of halogens is 3. The SMILES string of the molecule is COc1ccc(CCC(=O)N(C)Cc2ccc(C(F)(F)F)cc2)cc1OC. The highest BCUT2D eigenvalue weighted by Crippen LogP contribution is 2.29. The molecule has 0 aromatic heterocycles. The molecule has 0 heterocycles. The maximum Gasteiger partial charge on any atom is 0.416 e. The summed E-state index contributed by atoms with van der Waals surface area (Å²) in [7, 11) is 4.73. The Labute approximate surface area is 156 Å². The summed E-state index contributed by atoms with van der Waals surface area (Å²) < 4.78 is 48.2. The van der Waals surface area contributed by atoms with E-state index in [0.717, 1.165) is 17.7 Å². The van der Waals surface area contributed by atoms with Gasteiger partial charge in [-0.15, -0.1) is 0 Å². The molecule has 0 spiro atoms. The zero-order chi connectivity index (χ0) is 20.0. The number of ether oxygens (including phenoxy) is 2. The lowest BCUT2D eigenvalue weighted by molar-refractivity contribution is -0.137. The Bertz CT molecular complexity index is 773. The Morgan fingerprint density at radius 3 is 2.11 bits per heavy atom. The minimum Gasteiger partial charge on any atom is -0.493 e. The molecule has 0 aliphatic heterocycles. The lowest BCUT2D eigenvalue weighted by atomic mass is 10.1. The van der Waals surface area contributed by atoms with Crippen molar-refractivity contribution < 1.29 is 27.4 Å². The van der Waals surface area contributed by atoms with Gasteiger partial charge in [-0.1, -0.05) is 18.2 Å². The summed E-state index contributed by atoms with van der Waals surface area (Å²) >= 11 is 0. The van der Waals surface area contributed by atoms with Gasteiger partial charge in [0.2, 0.25) is 5.91 Å². The van der Waals surface area contributed by atoms with E-state index >= 15 is 0 Å². The standard InChI is InChI=1S/C20H22F3NO3/c1-24(13-15-4-8-16(9-5-15)20(21,22)23)19(25)11-7-14-6-10-17(26-2)18(12-14)27-3/h4-6,8-10,12H,7,11,13H2,1-3H3. The van der Waals surface area contributed by atoms with Crippen LogP contribution in [-0.2, 0) is 23.9 Å². The molecule has 0 N–H and O–H groups in total. The zero-order valence-electron chi connectivity index (χ0n) is 15.5. The van der Waals surface area contributed by atoms with E-state index in [2.05, 4.69) is 0 Å². The lowest BCUT2D eigenvalue weighted by Crippen LogP contribution is -2.26. The fourth-order valence-electron chi connectivity index (χ4n) is 2.64. The fourth-order valence-corrected chi connectivity index (χ4v) is 2.64. The highest BCUT2D eigenvalue weighted by molar-refractivity contribution is 5.76. The molecule has 1 amide bonds. The van der Waals surface area contributed by atoms with E-state index in [1.54, 1.807) is 27.3 Å². The van der Waals surface area contributed by atoms with E-state index in [-0.39, 0.29) is 18.9 Å². The minimum absolute atomic E-state index is 0.0929. The van der Waals surface area contributed by atoms with E-state index in [1.807, 2.05) is 12.1 Å². The van der Waals surface area contributed by atoms with Crippen LogP contribution in [0.25, 0.3) is 0 Å². The van der Waals surface area contributed by atoms with Gasteiger partial charge in [-0.3, -0.25) is 4.79 Å². The lowest BCUT2D eigenvalue weighted by Gasteiger charge is -2.18. The van der Waals surface area contributed by atoms with Crippen molar-refractivity contribution in [3.05, 3.63) is 59.2 Å². The van der Waals surface area contributed by atoms with Gasteiger partial charge in [-0.05, 0) is 41.8 Å². The van der Waals surface area contributed by atoms with Gasteiger partial charge < -0.3 is 14.4 Å². The summed E-state index contributed by atoms with van der Waals surface area (Å²) in [5.74, 6) is 1.12. The molecule has 0 radical (unpaired) electrons. The van der Waals surface area contributed by atoms with E-state index in [9.17, 15) is 18.0 Å². The van der Waals surface area contributed by atoms with Crippen LogP contribution in [0.4, 0.5) is 13.2 Å². The van der Waals surface area contributed by atoms with E-state index in [4.69, 9.17) is 9.47 Å². The first-order valence-corrected chi connectivity index (χ1v) is 8.35. The molecule has 0 saturated heterocycles. The predicted molar refractivity (Wildman–Crippen MR) is 95.8 cm³/mol. The summed E-state index contributed by atoms with van der Waals surface area (Å²) in [6.07, 6.45) is -3.55. The van der Waals surface area contributed by atoms with Crippen LogP contribution in [0.3, 0.4) is 0 Å². The van der Waals surface area contributed by atoms with Crippen LogP contribution in [0.5, 0.6) is 11.5 Å². The predicted octanol–water partition coefficient (Wildman–Crippen LogP) is 4.31. The Hall–Kier alpha value is -2.70. The largest absolute Gasteiger partial charge is 0.493 e. The first kappa shape index (κ1) is 20.6. The number of nitrogens with zero attached hydrogens (tertiary/aromatic N) is 1. The molecule has 0 unspecified atom stereocenters. The van der Waals surface area contributed by atoms with Gasteiger partial charge in [-0.2, -0.15) is 13.2 Å². The molecule has 0 bridgehead atoms. The van der Waals surface area contributed by atoms with Crippen molar-refractivity contribution in [1.29, 1.82) is 0 Å². The number of hydrogen-bond donors (Lipinski definition) is 0. The van der Waals surface area contributed by atoms with Gasteiger partial charge in [0.1, 0.15) is 0 Å². The first-order chi connectivity index (χ1) is 12.7. The number of rotatable bonds is 7. The van der Waals surface area contributed by atoms with Gasteiger partial charge in [0.15, 0.2) is 11.5 Å². The quantitative estimate of drug-likeness (QED) is 0.717. The van der Waals surface area contributed by atoms with Crippen molar-refractivity contribution in [1.82, 2.24) is 4.90 Å². The van der Waals surface area contributed by atoms with Gasteiger partial charge in [-0.25, -0.2) is 0 Å². The van der Waals surface area contributed by atoms with Crippen LogP contribution in [-0.4, -0.2) is 32.1 Å². The normalized spacial score (nSPS) is 11.2. The third-order valence-electron chi connectivity index (χ3n) is 4.20. The van der Waals surface area contributed by atoms with Crippen LogP contribution in [0.2, 0.25) is 0 Å². The third-order valence-corrected chi connectivity index (χ3v) is 4.20. The van der Waals surface area contributed by atoms with Crippen LogP contribution in [0.1, 0.15) is 23.1 Å². The highest BCUT2D eigenvalue weighted by atomic mass is 19.4. The van der Waals surface area contributed by atoms with Gasteiger partial charge in [0.05, 0.1) is 19.8 Å². The fraction of sp³-hybridized carbons (Fsp3) is 0.350. The Kier molecular flexibility index (Phi) is 6.71. The molecule has 2 aromatic rings. The van der Waals surface area contributed by atoms with E-state index in [0.29, 0.717) is 23.5 Å². The molecule has 27 heavy (non-hydrogen) atoms. The second-order valence-corrected chi connectivity index (χ2v) is 6.13. The molecule has 0 fully saturated rings. The van der Waals surface area contributed by atoms with Crippen molar-refractivity contribution in [3.63, 3.8) is 0 Å². The topological polar surface area (TPSA) is 38.8 Å². The molecular weight excluding hydrogens is 359 g/mol. The number of carbonyl (C=O) groups excluding carboxylic acids is 1. The van der Waals surface area contributed by atoms with Crippen molar-refractivity contribution in [2.24, 2.45) is 0 Å². The van der Waals surface area contributed by atoms with Crippen molar-refractivity contribution in [3.8, 4) is 11.5 Å². The molecule has 0 atom stereocenters. The van der Waals surface area contributed by atoms with Gasteiger partial charge in [0, 0.05) is 20.0 Å². The maximum atomic E-state index is 12.6. The Morgan fingerprint density at radius 1 is 0.963 bits per heavy atom. The summed E-state index contributed by atoms with van der Waals surface area (Å²) in [5.41, 5.74) is 0.877. The van der Waals surface area contributed by atoms with Crippen LogP contribution in [0, 0.1) is 0 Å². The molecule has 0 aliphatic rings. The number of amides is 1. The highest BCUT2D eigenvalue weighted by Gasteiger charge is 2.29. The average molecular weight is 381 g/mol. The first-order valence-electron chi connectivity index (χ1n) is 8.35. The molecule has 0 aliphatic carbocycles. The van der Waals surface area contributed by atoms with Crippen LogP contribution in [0.15, 0.2) is 42.5 Å². The minimum atomic E-state index is -4.36. The zero-order valence-corrected chi connectivity index (χ0v) is 15.5. The number of methoxy groups -OCH3 is 2. The third kappa shape index (κ3) is 5.64. The van der Waals surface area contributed by atoms with Gasteiger partial charge >= 0.3 is 6.18 Å². The second-order valence-electron chi connectivity index (χ2n) is 6.13. The summed E-state index contributed by atoms with van der Waals surface area (Å²) in [5, 5.41) is 0. The molecule has 146 valence electrons. The van der Waals surface area contributed by atoms with E-state index < -0.39 is 11.7 Å². The van der Waals surface area contributed by atoms with Crippen LogP contribution >= 0.6 is 0 Å². The molecule has 0 saturated carbocycles. The monoisotopic (exact) mass is 381 g/mol. The molecule has 4 nitrogen and oxygen atoms in total. The summed E-state index contributed by atoms with van der Waals surface area (Å²) in [6, 6.07) is 10.3. The average Bonchev–Trinajstić information content (AvgIpc) is 2.65. The molecule has 2 rings (SSSR count). The number of benzene rings is 2. The Balaban J connectivity index is 1.92.